The van der Waals surface area contributed by atoms with Gasteiger partial charge in [0.15, 0.2) is 5.82 Å². The Hall–Kier alpha value is -4.10. The zero-order valence-electron chi connectivity index (χ0n) is 22.4. The van der Waals surface area contributed by atoms with Crippen molar-refractivity contribution in [2.24, 2.45) is 11.7 Å². The van der Waals surface area contributed by atoms with Gasteiger partial charge in [-0.2, -0.15) is 10.5 Å². The van der Waals surface area contributed by atoms with E-state index in [-0.39, 0.29) is 11.9 Å². The number of primary amides is 1. The molecule has 9 nitrogen and oxygen atoms in total. The second kappa shape index (κ2) is 12.2. The van der Waals surface area contributed by atoms with Crippen LogP contribution in [0.25, 0.3) is 0 Å². The first kappa shape index (κ1) is 27.9. The molecule has 0 spiro atoms. The van der Waals surface area contributed by atoms with Gasteiger partial charge in [0.05, 0.1) is 11.5 Å². The number of benzene rings is 2. The Morgan fingerprint density at radius 2 is 1.97 bits per heavy atom. The van der Waals surface area contributed by atoms with E-state index in [1.807, 2.05) is 12.1 Å². The van der Waals surface area contributed by atoms with Crippen molar-refractivity contribution in [2.75, 3.05) is 13.1 Å². The minimum absolute atomic E-state index is 0.296. The predicted molar refractivity (Wildman–Crippen MR) is 146 cm³/mol. The van der Waals surface area contributed by atoms with E-state index >= 15 is 0 Å². The fourth-order valence-corrected chi connectivity index (χ4v) is 5.46. The van der Waals surface area contributed by atoms with Gasteiger partial charge in [-0.25, -0.2) is 4.39 Å². The number of aryl methyl sites for hydroxylation is 2. The van der Waals surface area contributed by atoms with E-state index in [1.54, 1.807) is 18.2 Å². The third-order valence-corrected chi connectivity index (χ3v) is 7.65. The molecule has 0 saturated carbocycles. The van der Waals surface area contributed by atoms with E-state index in [1.165, 1.54) is 6.07 Å². The highest BCUT2D eigenvalue weighted by molar-refractivity contribution is 5.93. The van der Waals surface area contributed by atoms with Gasteiger partial charge in [-0.05, 0) is 84.7 Å². The number of rotatable bonds is 12. The standard InChI is InChI=1S/C29H35FN8O/c1-4-18(2)13-24(16-31)34-19(3)17-33-12-11-29(28-35-37-38-36-28)25-9-7-22(27(32)39)14-20(25)5-6-21-15-23(30)8-10-26(21)29/h7-10,14-15,18,24,33-34H,3-6,11-13,17H2,1-2H3,(H2,32,39)(H,35,36,37,38)/t18-,24?,29?/m0/s1. The van der Waals surface area contributed by atoms with Crippen molar-refractivity contribution >= 4 is 5.91 Å². The maximum absolute atomic E-state index is 14.4. The first-order chi connectivity index (χ1) is 18.8. The number of carbonyl (C=O) groups excluding carboxylic acids is 1. The molecule has 0 radical (unpaired) electrons. The van der Waals surface area contributed by atoms with Crippen LogP contribution in [0.4, 0.5) is 4.39 Å². The number of fused-ring (bicyclic) bond motifs is 2. The fourth-order valence-electron chi connectivity index (χ4n) is 5.46. The number of halogens is 1. The number of aromatic amines is 1. The van der Waals surface area contributed by atoms with Gasteiger partial charge < -0.3 is 16.4 Å². The molecule has 0 saturated heterocycles. The molecule has 3 aromatic rings. The van der Waals surface area contributed by atoms with Crippen LogP contribution in [0.15, 0.2) is 48.7 Å². The second-order valence-electron chi connectivity index (χ2n) is 10.3. The molecule has 2 unspecified atom stereocenters. The zero-order valence-corrected chi connectivity index (χ0v) is 22.4. The fraction of sp³-hybridized carbons (Fsp3) is 0.414. The first-order valence-electron chi connectivity index (χ1n) is 13.3. The number of nitrogens with two attached hydrogens (primary N) is 1. The van der Waals surface area contributed by atoms with Crippen LogP contribution in [-0.4, -0.2) is 45.7 Å². The van der Waals surface area contributed by atoms with Gasteiger partial charge in [0.2, 0.25) is 5.91 Å². The van der Waals surface area contributed by atoms with Crippen LogP contribution in [0.3, 0.4) is 0 Å². The van der Waals surface area contributed by atoms with E-state index < -0.39 is 11.3 Å². The van der Waals surface area contributed by atoms with E-state index in [2.05, 4.69) is 57.8 Å². The second-order valence-corrected chi connectivity index (χ2v) is 10.3. The molecule has 1 aliphatic rings. The van der Waals surface area contributed by atoms with E-state index in [9.17, 15) is 14.4 Å². The minimum Gasteiger partial charge on any atom is -0.373 e. The summed E-state index contributed by atoms with van der Waals surface area (Å²) >= 11 is 0. The van der Waals surface area contributed by atoms with Crippen molar-refractivity contribution in [1.82, 2.24) is 31.3 Å². The molecule has 2 aromatic carbocycles. The Kier molecular flexibility index (Phi) is 8.72. The number of tetrazole rings is 1. The SMILES string of the molecule is C=C(CNCCC1(c2nn[nH]n2)c2ccc(F)cc2CCc2cc(C(N)=O)ccc21)NC(C#N)C[C@@H](C)CC. The summed E-state index contributed by atoms with van der Waals surface area (Å²) in [7, 11) is 0. The van der Waals surface area contributed by atoms with Gasteiger partial charge in [-0.3, -0.25) is 4.79 Å². The molecule has 0 bridgehead atoms. The van der Waals surface area contributed by atoms with Crippen molar-refractivity contribution in [3.63, 3.8) is 0 Å². The number of hydrogen-bond donors (Lipinski definition) is 4. The molecular formula is C29H35FN8O. The van der Waals surface area contributed by atoms with Crippen molar-refractivity contribution in [1.29, 1.82) is 5.26 Å². The lowest BCUT2D eigenvalue weighted by atomic mass is 9.69. The minimum atomic E-state index is -0.856. The molecule has 0 aliphatic heterocycles. The number of aromatic nitrogens is 4. The molecule has 1 amide bonds. The summed E-state index contributed by atoms with van der Waals surface area (Å²) in [5.74, 6) is 0.0760. The molecule has 3 atom stereocenters. The van der Waals surface area contributed by atoms with Gasteiger partial charge >= 0.3 is 0 Å². The van der Waals surface area contributed by atoms with E-state index in [4.69, 9.17) is 5.73 Å². The molecule has 10 heteroatoms. The third-order valence-electron chi connectivity index (χ3n) is 7.65. The number of nitriles is 1. The molecule has 1 heterocycles. The molecule has 1 aromatic heterocycles. The summed E-state index contributed by atoms with van der Waals surface area (Å²) < 4.78 is 14.4. The van der Waals surface area contributed by atoms with E-state index in [0.717, 1.165) is 40.8 Å². The first-order valence-corrected chi connectivity index (χ1v) is 13.3. The van der Waals surface area contributed by atoms with Crippen LogP contribution >= 0.6 is 0 Å². The normalized spacial score (nSPS) is 17.7. The van der Waals surface area contributed by atoms with Gasteiger partial charge in [0, 0.05) is 17.8 Å². The van der Waals surface area contributed by atoms with Crippen LogP contribution in [0.2, 0.25) is 0 Å². The monoisotopic (exact) mass is 530 g/mol. The van der Waals surface area contributed by atoms with Crippen molar-refractivity contribution < 1.29 is 9.18 Å². The smallest absolute Gasteiger partial charge is 0.248 e. The van der Waals surface area contributed by atoms with Crippen LogP contribution in [0, 0.1) is 23.1 Å². The number of hydrogen-bond acceptors (Lipinski definition) is 7. The lowest BCUT2D eigenvalue weighted by molar-refractivity contribution is 0.1000. The van der Waals surface area contributed by atoms with Crippen molar-refractivity contribution in [3.8, 4) is 6.07 Å². The predicted octanol–water partition coefficient (Wildman–Crippen LogP) is 3.28. The lowest BCUT2D eigenvalue weighted by Crippen LogP contribution is -2.38. The zero-order chi connectivity index (χ0) is 28.0. The summed E-state index contributed by atoms with van der Waals surface area (Å²) in [5, 5.41) is 31.4. The molecule has 39 heavy (non-hydrogen) atoms. The Bertz CT molecular complexity index is 1370. The Balaban J connectivity index is 1.64. The van der Waals surface area contributed by atoms with Crippen molar-refractivity contribution in [2.45, 2.75) is 57.4 Å². The quantitative estimate of drug-likeness (QED) is 0.263. The summed E-state index contributed by atoms with van der Waals surface area (Å²) in [6.07, 6.45) is 3.48. The maximum atomic E-state index is 14.4. The summed E-state index contributed by atoms with van der Waals surface area (Å²) in [6, 6.07) is 12.3. The highest BCUT2D eigenvalue weighted by Crippen LogP contribution is 2.45. The van der Waals surface area contributed by atoms with Crippen LogP contribution in [0.5, 0.6) is 0 Å². The molecule has 5 N–H and O–H groups in total. The Morgan fingerprint density at radius 1 is 1.26 bits per heavy atom. The Morgan fingerprint density at radius 3 is 2.62 bits per heavy atom. The number of carbonyl (C=O) groups is 1. The molecule has 0 fully saturated rings. The number of amides is 1. The lowest BCUT2D eigenvalue weighted by Gasteiger charge is -2.34. The molecule has 204 valence electrons. The molecule has 1 aliphatic carbocycles. The van der Waals surface area contributed by atoms with E-state index in [0.29, 0.717) is 49.7 Å². The number of nitrogens with zero attached hydrogens (tertiary/aromatic N) is 4. The topological polar surface area (TPSA) is 145 Å². The van der Waals surface area contributed by atoms with Gasteiger partial charge in [0.1, 0.15) is 11.9 Å². The third kappa shape index (κ3) is 5.99. The van der Waals surface area contributed by atoms with Crippen LogP contribution < -0.4 is 16.4 Å². The Labute approximate surface area is 228 Å². The highest BCUT2D eigenvalue weighted by atomic mass is 19.1. The number of nitrogens with one attached hydrogen (secondary N) is 3. The summed E-state index contributed by atoms with van der Waals surface area (Å²) in [4.78, 5) is 12.0. The molecule has 4 rings (SSSR count). The average molecular weight is 531 g/mol. The summed E-state index contributed by atoms with van der Waals surface area (Å²) in [5.41, 5.74) is 9.48. The largest absolute Gasteiger partial charge is 0.373 e. The summed E-state index contributed by atoms with van der Waals surface area (Å²) in [6.45, 7) is 9.34. The average Bonchev–Trinajstić information content (AvgIpc) is 3.43. The highest BCUT2D eigenvalue weighted by Gasteiger charge is 2.44. The van der Waals surface area contributed by atoms with Gasteiger partial charge in [-0.1, -0.05) is 44.2 Å². The molecular weight excluding hydrogens is 495 g/mol. The van der Waals surface area contributed by atoms with Crippen LogP contribution in [0.1, 0.15) is 71.5 Å². The van der Waals surface area contributed by atoms with Crippen molar-refractivity contribution in [3.05, 3.63) is 88.1 Å². The van der Waals surface area contributed by atoms with Gasteiger partial charge in [-0.15, -0.1) is 10.2 Å². The van der Waals surface area contributed by atoms with Crippen LogP contribution in [-0.2, 0) is 18.3 Å². The maximum Gasteiger partial charge on any atom is 0.248 e. The number of H-pyrrole nitrogens is 1. The van der Waals surface area contributed by atoms with Gasteiger partial charge in [0.25, 0.3) is 0 Å².